The first-order chi connectivity index (χ1) is 12.8. The lowest BCUT2D eigenvalue weighted by Crippen LogP contribution is -2.48. The number of carbonyl (C=O) groups excluding carboxylic acids is 2. The second-order valence-corrected chi connectivity index (χ2v) is 7.39. The molecule has 2 amide bonds. The molecule has 144 valence electrons. The SMILES string of the molecule is CCNC(=O)[C@@H](C)N(Cc1ccc(Cl)cc1)C(=O)Cc1ccc(Cl)c(Cl)c1. The van der Waals surface area contributed by atoms with Crippen molar-refractivity contribution in [3.8, 4) is 0 Å². The highest BCUT2D eigenvalue weighted by atomic mass is 35.5. The second kappa shape index (κ2) is 9.98. The van der Waals surface area contributed by atoms with Gasteiger partial charge in [-0.3, -0.25) is 9.59 Å². The highest BCUT2D eigenvalue weighted by Gasteiger charge is 2.26. The van der Waals surface area contributed by atoms with Gasteiger partial charge in [0, 0.05) is 18.1 Å². The molecule has 0 aromatic heterocycles. The van der Waals surface area contributed by atoms with Gasteiger partial charge in [-0.05, 0) is 49.2 Å². The summed E-state index contributed by atoms with van der Waals surface area (Å²) >= 11 is 17.9. The van der Waals surface area contributed by atoms with Crippen LogP contribution in [0.5, 0.6) is 0 Å². The zero-order valence-corrected chi connectivity index (χ0v) is 17.4. The number of carbonyl (C=O) groups is 2. The minimum Gasteiger partial charge on any atom is -0.355 e. The maximum atomic E-state index is 13.0. The molecule has 0 radical (unpaired) electrons. The number of amides is 2. The molecule has 2 aromatic rings. The molecular weight excluding hydrogens is 407 g/mol. The van der Waals surface area contributed by atoms with Crippen molar-refractivity contribution in [2.45, 2.75) is 32.9 Å². The third kappa shape index (κ3) is 6.13. The van der Waals surface area contributed by atoms with Crippen LogP contribution in [0, 0.1) is 0 Å². The maximum Gasteiger partial charge on any atom is 0.242 e. The van der Waals surface area contributed by atoms with Gasteiger partial charge in [-0.25, -0.2) is 0 Å². The smallest absolute Gasteiger partial charge is 0.242 e. The first-order valence-electron chi connectivity index (χ1n) is 8.57. The van der Waals surface area contributed by atoms with Gasteiger partial charge in [0.25, 0.3) is 0 Å². The predicted molar refractivity (Wildman–Crippen MR) is 110 cm³/mol. The van der Waals surface area contributed by atoms with Gasteiger partial charge in [-0.1, -0.05) is 53.0 Å². The number of benzene rings is 2. The minimum absolute atomic E-state index is 0.119. The monoisotopic (exact) mass is 426 g/mol. The largest absolute Gasteiger partial charge is 0.355 e. The van der Waals surface area contributed by atoms with E-state index in [0.29, 0.717) is 28.2 Å². The molecule has 4 nitrogen and oxygen atoms in total. The average molecular weight is 428 g/mol. The molecule has 1 atom stereocenters. The van der Waals surface area contributed by atoms with E-state index in [-0.39, 0.29) is 18.2 Å². The van der Waals surface area contributed by atoms with Gasteiger partial charge < -0.3 is 10.2 Å². The molecular formula is C20H21Cl3N2O2. The Bertz CT molecular complexity index is 809. The highest BCUT2D eigenvalue weighted by Crippen LogP contribution is 2.23. The summed E-state index contributed by atoms with van der Waals surface area (Å²) in [6, 6.07) is 11.7. The first-order valence-corrected chi connectivity index (χ1v) is 9.70. The topological polar surface area (TPSA) is 49.4 Å². The van der Waals surface area contributed by atoms with E-state index < -0.39 is 6.04 Å². The van der Waals surface area contributed by atoms with E-state index in [1.165, 1.54) is 0 Å². The maximum absolute atomic E-state index is 13.0. The molecule has 2 aromatic carbocycles. The molecule has 0 unspecified atom stereocenters. The fraction of sp³-hybridized carbons (Fsp3) is 0.300. The molecule has 2 rings (SSSR count). The number of nitrogens with one attached hydrogen (secondary N) is 1. The number of halogens is 3. The lowest BCUT2D eigenvalue weighted by Gasteiger charge is -2.29. The zero-order valence-electron chi connectivity index (χ0n) is 15.1. The molecule has 1 N–H and O–H groups in total. The van der Waals surface area contributed by atoms with E-state index in [0.717, 1.165) is 11.1 Å². The lowest BCUT2D eigenvalue weighted by atomic mass is 10.1. The summed E-state index contributed by atoms with van der Waals surface area (Å²) < 4.78 is 0. The molecule has 0 spiro atoms. The number of hydrogen-bond donors (Lipinski definition) is 1. The summed E-state index contributed by atoms with van der Waals surface area (Å²) in [5, 5.41) is 4.20. The Morgan fingerprint density at radius 2 is 1.63 bits per heavy atom. The van der Waals surface area contributed by atoms with Crippen LogP contribution in [0.3, 0.4) is 0 Å². The highest BCUT2D eigenvalue weighted by molar-refractivity contribution is 6.42. The minimum atomic E-state index is -0.615. The van der Waals surface area contributed by atoms with Gasteiger partial charge in [-0.2, -0.15) is 0 Å². The van der Waals surface area contributed by atoms with Crippen LogP contribution in [-0.4, -0.2) is 29.3 Å². The lowest BCUT2D eigenvalue weighted by molar-refractivity contribution is -0.140. The quantitative estimate of drug-likeness (QED) is 0.693. The van der Waals surface area contributed by atoms with Gasteiger partial charge in [0.2, 0.25) is 11.8 Å². The number of rotatable bonds is 7. The van der Waals surface area contributed by atoms with Crippen LogP contribution in [0.25, 0.3) is 0 Å². The van der Waals surface area contributed by atoms with Crippen LogP contribution in [0.2, 0.25) is 15.1 Å². The van der Waals surface area contributed by atoms with Gasteiger partial charge in [0.1, 0.15) is 6.04 Å². The molecule has 0 aliphatic heterocycles. The third-order valence-electron chi connectivity index (χ3n) is 4.12. The van der Waals surface area contributed by atoms with Crippen molar-refractivity contribution >= 4 is 46.6 Å². The Balaban J connectivity index is 2.23. The molecule has 0 fully saturated rings. The Morgan fingerprint density at radius 3 is 2.22 bits per heavy atom. The van der Waals surface area contributed by atoms with Crippen LogP contribution in [0.1, 0.15) is 25.0 Å². The molecule has 0 bridgehead atoms. The van der Waals surface area contributed by atoms with Crippen LogP contribution < -0.4 is 5.32 Å². The zero-order chi connectivity index (χ0) is 20.0. The van der Waals surface area contributed by atoms with Crippen LogP contribution in [0.15, 0.2) is 42.5 Å². The summed E-state index contributed by atoms with van der Waals surface area (Å²) in [5.41, 5.74) is 1.62. The van der Waals surface area contributed by atoms with E-state index in [4.69, 9.17) is 34.8 Å². The number of hydrogen-bond acceptors (Lipinski definition) is 2. The molecule has 0 aliphatic rings. The molecule has 7 heteroatoms. The Hall–Kier alpha value is -1.75. The van der Waals surface area contributed by atoms with E-state index in [1.807, 2.05) is 19.1 Å². The fourth-order valence-electron chi connectivity index (χ4n) is 2.62. The fourth-order valence-corrected chi connectivity index (χ4v) is 3.06. The first kappa shape index (κ1) is 21.5. The summed E-state index contributed by atoms with van der Waals surface area (Å²) in [5.74, 6) is -0.379. The van der Waals surface area contributed by atoms with Crippen molar-refractivity contribution in [2.75, 3.05) is 6.54 Å². The van der Waals surface area contributed by atoms with Gasteiger partial charge in [0.05, 0.1) is 16.5 Å². The Kier molecular flexibility index (Phi) is 7.96. The predicted octanol–water partition coefficient (Wildman–Crippen LogP) is 4.74. The van der Waals surface area contributed by atoms with Crippen LogP contribution in [0.4, 0.5) is 0 Å². The number of nitrogens with zero attached hydrogens (tertiary/aromatic N) is 1. The van der Waals surface area contributed by atoms with Gasteiger partial charge in [0.15, 0.2) is 0 Å². The van der Waals surface area contributed by atoms with Crippen molar-refractivity contribution in [1.82, 2.24) is 10.2 Å². The summed E-state index contributed by atoms with van der Waals surface area (Å²) in [4.78, 5) is 26.8. The van der Waals surface area contributed by atoms with Crippen molar-refractivity contribution in [1.29, 1.82) is 0 Å². The van der Waals surface area contributed by atoms with E-state index in [9.17, 15) is 9.59 Å². The third-order valence-corrected chi connectivity index (χ3v) is 5.11. The molecule has 27 heavy (non-hydrogen) atoms. The summed E-state index contributed by atoms with van der Waals surface area (Å²) in [7, 11) is 0. The standard InChI is InChI=1S/C20H21Cl3N2O2/c1-3-24-20(27)13(2)25(12-14-4-7-16(21)8-5-14)19(26)11-15-6-9-17(22)18(23)10-15/h4-10,13H,3,11-12H2,1-2H3,(H,24,27)/t13-/m1/s1. The van der Waals surface area contributed by atoms with E-state index in [2.05, 4.69) is 5.32 Å². The molecule has 0 aliphatic carbocycles. The van der Waals surface area contributed by atoms with E-state index >= 15 is 0 Å². The van der Waals surface area contributed by atoms with Crippen LogP contribution in [-0.2, 0) is 22.6 Å². The second-order valence-electron chi connectivity index (χ2n) is 6.14. The van der Waals surface area contributed by atoms with E-state index in [1.54, 1.807) is 42.2 Å². The Morgan fingerprint density at radius 1 is 1.00 bits per heavy atom. The van der Waals surface area contributed by atoms with Crippen molar-refractivity contribution in [3.63, 3.8) is 0 Å². The molecule has 0 heterocycles. The summed E-state index contributed by atoms with van der Waals surface area (Å²) in [6.45, 7) is 4.36. The van der Waals surface area contributed by atoms with Crippen molar-refractivity contribution in [3.05, 3.63) is 68.7 Å². The van der Waals surface area contributed by atoms with Crippen LogP contribution >= 0.6 is 34.8 Å². The van der Waals surface area contributed by atoms with Crippen molar-refractivity contribution in [2.24, 2.45) is 0 Å². The van der Waals surface area contributed by atoms with Gasteiger partial charge >= 0.3 is 0 Å². The van der Waals surface area contributed by atoms with Crippen molar-refractivity contribution < 1.29 is 9.59 Å². The molecule has 0 saturated carbocycles. The Labute approximate surface area is 174 Å². The van der Waals surface area contributed by atoms with Gasteiger partial charge in [-0.15, -0.1) is 0 Å². The normalized spacial score (nSPS) is 11.7. The number of likely N-dealkylation sites (N-methyl/N-ethyl adjacent to an activating group) is 1. The average Bonchev–Trinajstić information content (AvgIpc) is 2.64. The summed E-state index contributed by atoms with van der Waals surface area (Å²) in [6.07, 6.45) is 0.119. The molecule has 0 saturated heterocycles.